The van der Waals surface area contributed by atoms with Crippen molar-refractivity contribution in [3.8, 4) is 5.75 Å². The first-order chi connectivity index (χ1) is 11.8. The third-order valence-corrected chi connectivity index (χ3v) is 4.46. The Morgan fingerprint density at radius 2 is 1.92 bits per heavy atom. The van der Waals surface area contributed by atoms with Gasteiger partial charge in [0.05, 0.1) is 25.6 Å². The van der Waals surface area contributed by atoms with Crippen molar-refractivity contribution >= 4 is 29.1 Å². The van der Waals surface area contributed by atoms with Crippen molar-refractivity contribution in [1.82, 2.24) is 4.90 Å². The molecule has 0 saturated carbocycles. The summed E-state index contributed by atoms with van der Waals surface area (Å²) in [7, 11) is 1.63. The number of carbonyl (C=O) groups excluding carboxylic acids is 1. The van der Waals surface area contributed by atoms with Crippen LogP contribution in [0.25, 0.3) is 0 Å². The highest BCUT2D eigenvalue weighted by Crippen LogP contribution is 2.22. The lowest BCUT2D eigenvalue weighted by molar-refractivity contribution is -0.124. The van der Waals surface area contributed by atoms with Crippen molar-refractivity contribution in [2.24, 2.45) is 10.2 Å². The Hall–Kier alpha value is -2.60. The molecule has 0 radical (unpaired) electrons. The molecule has 2 aromatic rings. The summed E-state index contributed by atoms with van der Waals surface area (Å²) < 4.78 is 5.15. The van der Waals surface area contributed by atoms with Crippen LogP contribution in [0.15, 0.2) is 64.8 Å². The Labute approximate surface area is 145 Å². The zero-order valence-corrected chi connectivity index (χ0v) is 14.1. The van der Waals surface area contributed by atoms with Crippen LogP contribution in [0.5, 0.6) is 5.75 Å². The molecular formula is C18H17N3O2S. The molecule has 1 amide bonds. The maximum Gasteiger partial charge on any atom is 0.239 e. The molecule has 0 spiro atoms. The van der Waals surface area contributed by atoms with Crippen molar-refractivity contribution in [1.29, 1.82) is 0 Å². The summed E-state index contributed by atoms with van der Waals surface area (Å²) in [6.07, 6.45) is 1.68. The summed E-state index contributed by atoms with van der Waals surface area (Å²) in [6.45, 7) is 0.482. The van der Waals surface area contributed by atoms with Crippen LogP contribution >= 0.6 is 11.8 Å². The van der Waals surface area contributed by atoms with Crippen molar-refractivity contribution < 1.29 is 9.53 Å². The van der Waals surface area contributed by atoms with Crippen molar-refractivity contribution in [2.75, 3.05) is 12.9 Å². The second-order valence-electron chi connectivity index (χ2n) is 5.15. The fraction of sp³-hybridized carbons (Fsp3) is 0.167. The number of benzene rings is 2. The topological polar surface area (TPSA) is 54.3 Å². The number of methoxy groups -OCH3 is 1. The number of hydrogen-bond acceptors (Lipinski definition) is 5. The molecule has 24 heavy (non-hydrogen) atoms. The van der Waals surface area contributed by atoms with E-state index in [1.165, 1.54) is 11.8 Å². The minimum atomic E-state index is 0.0458. The van der Waals surface area contributed by atoms with E-state index in [0.717, 1.165) is 16.9 Å². The Morgan fingerprint density at radius 1 is 1.17 bits per heavy atom. The van der Waals surface area contributed by atoms with Gasteiger partial charge in [-0.3, -0.25) is 9.69 Å². The van der Waals surface area contributed by atoms with Crippen LogP contribution in [-0.4, -0.2) is 35.1 Å². The standard InChI is InChI=1S/C18H17N3O2S/c1-23-16-9-7-15(8-10-16)12-21-17(22)13-24-18(21)20-19-11-14-5-3-2-4-6-14/h2-11H,12-13H2,1H3/b19-11-,20-18-. The summed E-state index contributed by atoms with van der Waals surface area (Å²) in [4.78, 5) is 13.8. The molecule has 0 aromatic heterocycles. The maximum atomic E-state index is 12.1. The summed E-state index contributed by atoms with van der Waals surface area (Å²) >= 11 is 1.41. The van der Waals surface area contributed by atoms with E-state index < -0.39 is 0 Å². The zero-order valence-electron chi connectivity index (χ0n) is 13.3. The second kappa shape index (κ2) is 7.79. The van der Waals surface area contributed by atoms with Gasteiger partial charge in [0.1, 0.15) is 5.75 Å². The molecule has 1 fully saturated rings. The highest BCUT2D eigenvalue weighted by Gasteiger charge is 2.28. The van der Waals surface area contributed by atoms with Gasteiger partial charge in [0, 0.05) is 0 Å². The highest BCUT2D eigenvalue weighted by molar-refractivity contribution is 8.15. The van der Waals surface area contributed by atoms with E-state index in [1.807, 2.05) is 54.6 Å². The van der Waals surface area contributed by atoms with E-state index in [0.29, 0.717) is 17.5 Å². The lowest BCUT2D eigenvalue weighted by atomic mass is 10.2. The van der Waals surface area contributed by atoms with Crippen molar-refractivity contribution in [2.45, 2.75) is 6.54 Å². The number of nitrogens with zero attached hydrogens (tertiary/aromatic N) is 3. The number of rotatable bonds is 5. The number of carbonyl (C=O) groups is 1. The van der Waals surface area contributed by atoms with Gasteiger partial charge in [0.15, 0.2) is 5.17 Å². The van der Waals surface area contributed by atoms with Crippen LogP contribution in [0.2, 0.25) is 0 Å². The SMILES string of the molecule is COc1ccc(CN2C(=O)CS/C2=N\N=C/c2ccccc2)cc1. The van der Waals surface area contributed by atoms with Gasteiger partial charge >= 0.3 is 0 Å². The summed E-state index contributed by atoms with van der Waals surface area (Å²) in [5, 5.41) is 8.94. The molecule has 0 atom stereocenters. The van der Waals surface area contributed by atoms with Crippen LogP contribution in [0, 0.1) is 0 Å². The minimum Gasteiger partial charge on any atom is -0.497 e. The molecule has 0 bridgehead atoms. The first kappa shape index (κ1) is 16.3. The first-order valence-electron chi connectivity index (χ1n) is 7.48. The normalized spacial score (nSPS) is 16.3. The fourth-order valence-corrected chi connectivity index (χ4v) is 3.06. The average Bonchev–Trinajstić information content (AvgIpc) is 2.97. The van der Waals surface area contributed by atoms with E-state index >= 15 is 0 Å². The van der Waals surface area contributed by atoms with Gasteiger partial charge in [-0.1, -0.05) is 54.2 Å². The Bertz CT molecular complexity index is 758. The smallest absolute Gasteiger partial charge is 0.239 e. The number of amides is 1. The third-order valence-electron chi connectivity index (χ3n) is 3.51. The average molecular weight is 339 g/mol. The van der Waals surface area contributed by atoms with Crippen LogP contribution in [0.1, 0.15) is 11.1 Å². The Kier molecular flexibility index (Phi) is 5.28. The molecule has 6 heteroatoms. The van der Waals surface area contributed by atoms with Gasteiger partial charge in [-0.2, -0.15) is 5.10 Å². The summed E-state index contributed by atoms with van der Waals surface area (Å²) in [5.74, 6) is 1.24. The molecule has 0 unspecified atom stereocenters. The van der Waals surface area contributed by atoms with E-state index in [9.17, 15) is 4.79 Å². The van der Waals surface area contributed by atoms with Gasteiger partial charge in [-0.05, 0) is 23.3 Å². The third kappa shape index (κ3) is 4.02. The van der Waals surface area contributed by atoms with Gasteiger partial charge in [0.25, 0.3) is 0 Å². The van der Waals surface area contributed by atoms with Gasteiger partial charge in [-0.25, -0.2) is 0 Å². The predicted molar refractivity (Wildman–Crippen MR) is 97.5 cm³/mol. The monoisotopic (exact) mass is 339 g/mol. The van der Waals surface area contributed by atoms with Gasteiger partial charge in [-0.15, -0.1) is 5.10 Å². The molecule has 1 saturated heterocycles. The molecule has 0 aliphatic carbocycles. The van der Waals surface area contributed by atoms with E-state index in [-0.39, 0.29) is 5.91 Å². The number of thioether (sulfide) groups is 1. The Morgan fingerprint density at radius 3 is 2.62 bits per heavy atom. The minimum absolute atomic E-state index is 0.0458. The van der Waals surface area contributed by atoms with Crippen molar-refractivity contribution in [3.63, 3.8) is 0 Å². The van der Waals surface area contributed by atoms with Crippen LogP contribution in [0.3, 0.4) is 0 Å². The molecule has 122 valence electrons. The van der Waals surface area contributed by atoms with E-state index in [1.54, 1.807) is 18.2 Å². The molecule has 3 rings (SSSR count). The molecule has 0 N–H and O–H groups in total. The Balaban J connectivity index is 1.71. The maximum absolute atomic E-state index is 12.1. The van der Waals surface area contributed by atoms with Crippen LogP contribution in [0.4, 0.5) is 0 Å². The summed E-state index contributed by atoms with van der Waals surface area (Å²) in [6, 6.07) is 17.4. The second-order valence-corrected chi connectivity index (χ2v) is 6.10. The number of hydrogen-bond donors (Lipinski definition) is 0. The largest absolute Gasteiger partial charge is 0.497 e. The molecule has 1 heterocycles. The quantitative estimate of drug-likeness (QED) is 0.621. The van der Waals surface area contributed by atoms with Gasteiger partial charge < -0.3 is 4.74 Å². The molecule has 2 aromatic carbocycles. The predicted octanol–water partition coefficient (Wildman–Crippen LogP) is 3.16. The lowest BCUT2D eigenvalue weighted by Crippen LogP contribution is -2.28. The van der Waals surface area contributed by atoms with Crippen LogP contribution < -0.4 is 4.74 Å². The number of ether oxygens (including phenoxy) is 1. The molecular weight excluding hydrogens is 322 g/mol. The fourth-order valence-electron chi connectivity index (χ4n) is 2.23. The summed E-state index contributed by atoms with van der Waals surface area (Å²) in [5.41, 5.74) is 1.99. The molecule has 1 aliphatic heterocycles. The zero-order chi connectivity index (χ0) is 16.8. The first-order valence-corrected chi connectivity index (χ1v) is 8.47. The van der Waals surface area contributed by atoms with E-state index in [4.69, 9.17) is 4.74 Å². The van der Waals surface area contributed by atoms with Crippen molar-refractivity contribution in [3.05, 3.63) is 65.7 Å². The van der Waals surface area contributed by atoms with E-state index in [2.05, 4.69) is 10.2 Å². The molecule has 5 nitrogen and oxygen atoms in total. The highest BCUT2D eigenvalue weighted by atomic mass is 32.2. The number of amidine groups is 1. The van der Waals surface area contributed by atoms with Crippen LogP contribution in [-0.2, 0) is 11.3 Å². The molecule has 1 aliphatic rings. The van der Waals surface area contributed by atoms with Gasteiger partial charge in [0.2, 0.25) is 5.91 Å². The lowest BCUT2D eigenvalue weighted by Gasteiger charge is -2.15.